The Bertz CT molecular complexity index is 715. The molecule has 134 valence electrons. The molecule has 1 heterocycles. The zero-order chi connectivity index (χ0) is 18.4. The maximum atomic E-state index is 12.7. The number of benzene rings is 1. The van der Waals surface area contributed by atoms with Crippen molar-refractivity contribution in [2.45, 2.75) is 13.8 Å². The average molecular weight is 344 g/mol. The van der Waals surface area contributed by atoms with E-state index >= 15 is 0 Å². The van der Waals surface area contributed by atoms with Crippen molar-refractivity contribution in [1.82, 2.24) is 9.47 Å². The van der Waals surface area contributed by atoms with Gasteiger partial charge in [-0.3, -0.25) is 9.59 Å². The molecule has 0 aliphatic heterocycles. The standard InChI is InChI=1S/C19H24N2O4/c1-14-5-6-15(2)21(14)17-9-7-16(8-10-17)19(23)20(11-12-24-3)13-18(22)25-4/h5-10H,11-13H2,1-4H3. The third kappa shape index (κ3) is 4.48. The number of aromatic nitrogens is 1. The van der Waals surface area contributed by atoms with Crippen LogP contribution in [0.1, 0.15) is 21.7 Å². The van der Waals surface area contributed by atoms with Gasteiger partial charge in [0.2, 0.25) is 0 Å². The van der Waals surface area contributed by atoms with Crippen LogP contribution in [0.3, 0.4) is 0 Å². The van der Waals surface area contributed by atoms with Crippen molar-refractivity contribution in [3.8, 4) is 5.69 Å². The lowest BCUT2D eigenvalue weighted by Crippen LogP contribution is -2.38. The SMILES string of the molecule is COCCN(CC(=O)OC)C(=O)c1ccc(-n2c(C)ccc2C)cc1. The van der Waals surface area contributed by atoms with Gasteiger partial charge >= 0.3 is 5.97 Å². The Morgan fingerprint density at radius 2 is 1.60 bits per heavy atom. The van der Waals surface area contributed by atoms with Crippen LogP contribution in [0.2, 0.25) is 0 Å². The number of ether oxygens (including phenoxy) is 2. The van der Waals surface area contributed by atoms with Gasteiger partial charge in [0.15, 0.2) is 0 Å². The van der Waals surface area contributed by atoms with E-state index < -0.39 is 5.97 Å². The number of nitrogens with zero attached hydrogens (tertiary/aromatic N) is 2. The maximum absolute atomic E-state index is 12.7. The monoisotopic (exact) mass is 344 g/mol. The molecule has 0 unspecified atom stereocenters. The molecule has 1 aromatic carbocycles. The van der Waals surface area contributed by atoms with Gasteiger partial charge < -0.3 is 18.9 Å². The number of rotatable bonds is 7. The van der Waals surface area contributed by atoms with E-state index in [1.807, 2.05) is 26.0 Å². The van der Waals surface area contributed by atoms with E-state index in [0.29, 0.717) is 18.7 Å². The van der Waals surface area contributed by atoms with Gasteiger partial charge in [0.05, 0.1) is 13.7 Å². The van der Waals surface area contributed by atoms with Gasteiger partial charge in [0.25, 0.3) is 5.91 Å². The molecule has 0 radical (unpaired) electrons. The third-order valence-corrected chi connectivity index (χ3v) is 4.04. The van der Waals surface area contributed by atoms with Gasteiger partial charge in [-0.25, -0.2) is 0 Å². The molecule has 1 aromatic heterocycles. The van der Waals surface area contributed by atoms with Crippen LogP contribution in [-0.2, 0) is 14.3 Å². The smallest absolute Gasteiger partial charge is 0.325 e. The van der Waals surface area contributed by atoms with Crippen molar-refractivity contribution < 1.29 is 19.1 Å². The highest BCUT2D eigenvalue weighted by atomic mass is 16.5. The van der Waals surface area contributed by atoms with Crippen LogP contribution in [0.4, 0.5) is 0 Å². The highest BCUT2D eigenvalue weighted by Gasteiger charge is 2.19. The molecular formula is C19H24N2O4. The molecule has 2 rings (SSSR count). The second-order valence-electron chi connectivity index (χ2n) is 5.79. The first-order valence-electron chi connectivity index (χ1n) is 8.08. The number of carbonyl (C=O) groups is 2. The fraction of sp³-hybridized carbons (Fsp3) is 0.368. The van der Waals surface area contributed by atoms with E-state index in [9.17, 15) is 9.59 Å². The fourth-order valence-electron chi connectivity index (χ4n) is 2.69. The second-order valence-corrected chi connectivity index (χ2v) is 5.79. The zero-order valence-electron chi connectivity index (χ0n) is 15.1. The average Bonchev–Trinajstić information content (AvgIpc) is 2.96. The summed E-state index contributed by atoms with van der Waals surface area (Å²) in [5.74, 6) is -0.686. The number of methoxy groups -OCH3 is 2. The first-order chi connectivity index (χ1) is 12.0. The van der Waals surface area contributed by atoms with Crippen LogP contribution < -0.4 is 0 Å². The molecule has 1 amide bonds. The van der Waals surface area contributed by atoms with Gasteiger partial charge in [-0.05, 0) is 50.2 Å². The minimum Gasteiger partial charge on any atom is -0.468 e. The predicted octanol–water partition coefficient (Wildman–Crippen LogP) is 2.36. The number of amides is 1. The van der Waals surface area contributed by atoms with E-state index in [-0.39, 0.29) is 12.5 Å². The molecule has 2 aromatic rings. The largest absolute Gasteiger partial charge is 0.468 e. The Hall–Kier alpha value is -2.60. The lowest BCUT2D eigenvalue weighted by atomic mass is 10.1. The molecule has 0 aliphatic carbocycles. The normalized spacial score (nSPS) is 10.6. The van der Waals surface area contributed by atoms with Crippen LogP contribution in [0.25, 0.3) is 5.69 Å². The summed E-state index contributed by atoms with van der Waals surface area (Å²) in [4.78, 5) is 25.7. The van der Waals surface area contributed by atoms with Gasteiger partial charge in [0.1, 0.15) is 6.54 Å². The Kier molecular flexibility index (Phi) is 6.36. The maximum Gasteiger partial charge on any atom is 0.325 e. The summed E-state index contributed by atoms with van der Waals surface area (Å²) in [6, 6.07) is 11.5. The molecule has 0 N–H and O–H groups in total. The predicted molar refractivity (Wildman–Crippen MR) is 95.0 cm³/mol. The molecule has 0 aliphatic rings. The molecular weight excluding hydrogens is 320 g/mol. The Labute approximate surface area is 148 Å². The van der Waals surface area contributed by atoms with E-state index in [0.717, 1.165) is 17.1 Å². The lowest BCUT2D eigenvalue weighted by Gasteiger charge is -2.21. The lowest BCUT2D eigenvalue weighted by molar-refractivity contribution is -0.141. The highest BCUT2D eigenvalue weighted by Crippen LogP contribution is 2.17. The van der Waals surface area contributed by atoms with Crippen molar-refractivity contribution in [1.29, 1.82) is 0 Å². The zero-order valence-corrected chi connectivity index (χ0v) is 15.1. The van der Waals surface area contributed by atoms with E-state index in [2.05, 4.69) is 21.4 Å². The summed E-state index contributed by atoms with van der Waals surface area (Å²) < 4.78 is 11.8. The van der Waals surface area contributed by atoms with Crippen molar-refractivity contribution >= 4 is 11.9 Å². The number of hydrogen-bond donors (Lipinski definition) is 0. The summed E-state index contributed by atoms with van der Waals surface area (Å²) >= 11 is 0. The first-order valence-corrected chi connectivity index (χ1v) is 8.08. The number of hydrogen-bond acceptors (Lipinski definition) is 4. The van der Waals surface area contributed by atoms with Gasteiger partial charge in [-0.2, -0.15) is 0 Å². The molecule has 0 atom stereocenters. The van der Waals surface area contributed by atoms with Crippen LogP contribution in [0.15, 0.2) is 36.4 Å². The van der Waals surface area contributed by atoms with Gasteiger partial charge in [-0.15, -0.1) is 0 Å². The minimum atomic E-state index is -0.459. The Morgan fingerprint density at radius 1 is 1.00 bits per heavy atom. The first kappa shape index (κ1) is 18.7. The van der Waals surface area contributed by atoms with E-state index in [4.69, 9.17) is 4.74 Å². The minimum absolute atomic E-state index is 0.101. The topological polar surface area (TPSA) is 60.8 Å². The quantitative estimate of drug-likeness (QED) is 0.724. The van der Waals surface area contributed by atoms with Gasteiger partial charge in [0, 0.05) is 36.3 Å². The van der Waals surface area contributed by atoms with E-state index in [1.165, 1.54) is 12.0 Å². The third-order valence-electron chi connectivity index (χ3n) is 4.04. The number of carbonyl (C=O) groups excluding carboxylic acids is 2. The molecule has 0 saturated carbocycles. The molecule has 0 spiro atoms. The summed E-state index contributed by atoms with van der Waals surface area (Å²) in [6.07, 6.45) is 0. The van der Waals surface area contributed by atoms with Crippen LogP contribution >= 0.6 is 0 Å². The van der Waals surface area contributed by atoms with Crippen LogP contribution in [0, 0.1) is 13.8 Å². The Morgan fingerprint density at radius 3 is 2.12 bits per heavy atom. The van der Waals surface area contributed by atoms with Crippen LogP contribution in [0.5, 0.6) is 0 Å². The summed E-state index contributed by atoms with van der Waals surface area (Å²) in [5.41, 5.74) is 3.77. The molecule has 6 heteroatoms. The molecule has 0 fully saturated rings. The van der Waals surface area contributed by atoms with E-state index in [1.54, 1.807) is 19.2 Å². The van der Waals surface area contributed by atoms with Crippen molar-refractivity contribution in [3.05, 3.63) is 53.3 Å². The van der Waals surface area contributed by atoms with Crippen molar-refractivity contribution in [2.24, 2.45) is 0 Å². The second kappa shape index (κ2) is 8.48. The molecule has 6 nitrogen and oxygen atoms in total. The molecule has 0 bridgehead atoms. The number of esters is 1. The van der Waals surface area contributed by atoms with Crippen molar-refractivity contribution in [3.63, 3.8) is 0 Å². The summed E-state index contributed by atoms with van der Waals surface area (Å²) in [5, 5.41) is 0. The molecule has 0 saturated heterocycles. The summed E-state index contributed by atoms with van der Waals surface area (Å²) in [7, 11) is 2.86. The molecule has 25 heavy (non-hydrogen) atoms. The fourth-order valence-corrected chi connectivity index (χ4v) is 2.69. The van der Waals surface area contributed by atoms with Gasteiger partial charge in [-0.1, -0.05) is 0 Å². The van der Waals surface area contributed by atoms with Crippen LogP contribution in [-0.4, -0.2) is 55.3 Å². The highest BCUT2D eigenvalue weighted by molar-refractivity contribution is 5.96. The summed E-state index contributed by atoms with van der Waals surface area (Å²) in [6.45, 7) is 4.64. The van der Waals surface area contributed by atoms with Crippen molar-refractivity contribution in [2.75, 3.05) is 33.9 Å². The Balaban J connectivity index is 2.21. The number of aryl methyl sites for hydroxylation is 2.